The molecule has 3 rings (SSSR count). The van der Waals surface area contributed by atoms with Crippen molar-refractivity contribution in [2.24, 2.45) is 0 Å². The maximum Gasteiger partial charge on any atom is 0.433 e. The highest BCUT2D eigenvalue weighted by Gasteiger charge is 2.33. The second-order valence-electron chi connectivity index (χ2n) is 5.74. The number of nitrogens with zero attached hydrogens (tertiary/aromatic N) is 3. The van der Waals surface area contributed by atoms with Crippen molar-refractivity contribution in [3.63, 3.8) is 0 Å². The normalized spacial score (nSPS) is 12.6. The van der Waals surface area contributed by atoms with Crippen LogP contribution in [0.25, 0.3) is 5.69 Å². The quantitative estimate of drug-likeness (QED) is 0.729. The number of hydrogen-bond acceptors (Lipinski definition) is 4. The molecule has 0 radical (unpaired) electrons. The summed E-state index contributed by atoms with van der Waals surface area (Å²) in [6, 6.07) is 12.0. The Kier molecular flexibility index (Phi) is 4.95. The van der Waals surface area contributed by atoms with E-state index in [0.29, 0.717) is 5.69 Å². The summed E-state index contributed by atoms with van der Waals surface area (Å²) in [6.45, 7) is 1.47. The molecule has 0 fully saturated rings. The first-order valence-corrected chi connectivity index (χ1v) is 7.94. The molecular formula is C18H15F3N4O2. The van der Waals surface area contributed by atoms with Gasteiger partial charge in [0.1, 0.15) is 17.1 Å². The van der Waals surface area contributed by atoms with Gasteiger partial charge in [-0.25, -0.2) is 9.67 Å². The van der Waals surface area contributed by atoms with Crippen molar-refractivity contribution < 1.29 is 23.1 Å². The molecule has 0 aliphatic carbocycles. The number of nitrogens with one attached hydrogen (secondary N) is 1. The van der Waals surface area contributed by atoms with Crippen LogP contribution in [0, 0.1) is 0 Å². The predicted molar refractivity (Wildman–Crippen MR) is 91.4 cm³/mol. The zero-order valence-corrected chi connectivity index (χ0v) is 14.1. The number of para-hydroxylation sites is 1. The van der Waals surface area contributed by atoms with Crippen molar-refractivity contribution in [2.75, 3.05) is 5.32 Å². The maximum absolute atomic E-state index is 12.8. The Hall–Kier alpha value is -3.20. The number of alkyl halides is 3. The number of hydrogen-bond donors (Lipinski definition) is 2. The van der Waals surface area contributed by atoms with Gasteiger partial charge in [0, 0.05) is 0 Å². The molecule has 1 aromatic carbocycles. The van der Waals surface area contributed by atoms with Crippen LogP contribution in [0.3, 0.4) is 0 Å². The van der Waals surface area contributed by atoms with Crippen LogP contribution in [0.5, 0.6) is 0 Å². The topological polar surface area (TPSA) is 80.0 Å². The number of carbonyl (C=O) groups excluding carboxylic acids is 1. The van der Waals surface area contributed by atoms with Gasteiger partial charge in [-0.05, 0) is 31.2 Å². The number of aromatic nitrogens is 3. The van der Waals surface area contributed by atoms with E-state index < -0.39 is 29.6 Å². The summed E-state index contributed by atoms with van der Waals surface area (Å²) in [5.74, 6) is -0.837. The fraction of sp³-hybridized carbons (Fsp3) is 0.167. The van der Waals surface area contributed by atoms with Crippen molar-refractivity contribution in [2.45, 2.75) is 19.2 Å². The fourth-order valence-electron chi connectivity index (χ4n) is 2.41. The number of pyridine rings is 1. The minimum Gasteiger partial charge on any atom is -0.387 e. The van der Waals surface area contributed by atoms with Crippen LogP contribution < -0.4 is 5.32 Å². The fourth-order valence-corrected chi connectivity index (χ4v) is 2.41. The van der Waals surface area contributed by atoms with Crippen molar-refractivity contribution in [3.8, 4) is 5.69 Å². The molecular weight excluding hydrogens is 361 g/mol. The summed E-state index contributed by atoms with van der Waals surface area (Å²) < 4.78 is 39.8. The molecule has 27 heavy (non-hydrogen) atoms. The van der Waals surface area contributed by atoms with Crippen molar-refractivity contribution in [1.82, 2.24) is 14.8 Å². The van der Waals surface area contributed by atoms with Crippen LogP contribution in [0.2, 0.25) is 0 Å². The first-order valence-electron chi connectivity index (χ1n) is 7.94. The third-order valence-electron chi connectivity index (χ3n) is 3.68. The van der Waals surface area contributed by atoms with Gasteiger partial charge < -0.3 is 10.4 Å². The van der Waals surface area contributed by atoms with Gasteiger partial charge in [-0.1, -0.05) is 24.3 Å². The van der Waals surface area contributed by atoms with Gasteiger partial charge in [-0.3, -0.25) is 4.79 Å². The SMILES string of the molecule is CC(O)c1nn(-c2ccccc2)cc1NC(=O)c1cccc(C(F)(F)F)n1. The standard InChI is InChI=1S/C18H15F3N4O2/c1-11(26)16-14(10-25(24-16)12-6-3-2-4-7-12)23-17(27)13-8-5-9-15(22-13)18(19,20)21/h2-11,26H,1H3,(H,23,27). The van der Waals surface area contributed by atoms with Gasteiger partial charge in [-0.2, -0.15) is 18.3 Å². The molecule has 2 aromatic heterocycles. The van der Waals surface area contributed by atoms with E-state index in [1.54, 1.807) is 24.3 Å². The number of amides is 1. The molecule has 1 atom stereocenters. The van der Waals surface area contributed by atoms with Gasteiger partial charge in [0.05, 0.1) is 23.7 Å². The van der Waals surface area contributed by atoms with Gasteiger partial charge in [0.15, 0.2) is 0 Å². The number of carbonyl (C=O) groups is 1. The molecule has 0 aliphatic heterocycles. The van der Waals surface area contributed by atoms with Crippen LogP contribution in [-0.2, 0) is 6.18 Å². The summed E-state index contributed by atoms with van der Waals surface area (Å²) in [5.41, 5.74) is -0.506. The Morgan fingerprint density at radius 3 is 2.48 bits per heavy atom. The molecule has 9 heteroatoms. The minimum atomic E-state index is -4.65. The van der Waals surface area contributed by atoms with Crippen molar-refractivity contribution >= 4 is 11.6 Å². The molecule has 2 N–H and O–H groups in total. The Balaban J connectivity index is 1.91. The second kappa shape index (κ2) is 7.20. The summed E-state index contributed by atoms with van der Waals surface area (Å²) >= 11 is 0. The van der Waals surface area contributed by atoms with E-state index in [4.69, 9.17) is 0 Å². The highest BCUT2D eigenvalue weighted by atomic mass is 19.4. The lowest BCUT2D eigenvalue weighted by molar-refractivity contribution is -0.141. The largest absolute Gasteiger partial charge is 0.433 e. The van der Waals surface area contributed by atoms with Crippen LogP contribution in [0.4, 0.5) is 18.9 Å². The zero-order valence-electron chi connectivity index (χ0n) is 14.1. The molecule has 1 unspecified atom stereocenters. The van der Waals surface area contributed by atoms with Gasteiger partial charge in [0.25, 0.3) is 5.91 Å². The third kappa shape index (κ3) is 4.14. The van der Waals surface area contributed by atoms with E-state index in [-0.39, 0.29) is 11.4 Å². The van der Waals surface area contributed by atoms with E-state index >= 15 is 0 Å². The zero-order chi connectivity index (χ0) is 19.6. The maximum atomic E-state index is 12.8. The summed E-state index contributed by atoms with van der Waals surface area (Å²) in [6.07, 6.45) is -4.18. The monoisotopic (exact) mass is 376 g/mol. The van der Waals surface area contributed by atoms with Crippen molar-refractivity contribution in [3.05, 3.63) is 71.8 Å². The molecule has 0 spiro atoms. The smallest absolute Gasteiger partial charge is 0.387 e. The molecule has 2 heterocycles. The summed E-state index contributed by atoms with van der Waals surface area (Å²) in [4.78, 5) is 15.7. The Labute approximate surface area is 152 Å². The van der Waals surface area contributed by atoms with E-state index in [1.807, 2.05) is 6.07 Å². The summed E-state index contributed by atoms with van der Waals surface area (Å²) in [5, 5.41) is 16.6. The Morgan fingerprint density at radius 2 is 1.85 bits per heavy atom. The highest BCUT2D eigenvalue weighted by molar-refractivity contribution is 6.03. The van der Waals surface area contributed by atoms with E-state index in [0.717, 1.165) is 12.1 Å². The Morgan fingerprint density at radius 1 is 1.15 bits per heavy atom. The van der Waals surface area contributed by atoms with Crippen molar-refractivity contribution in [1.29, 1.82) is 0 Å². The first-order chi connectivity index (χ1) is 12.8. The van der Waals surface area contributed by atoms with E-state index in [1.165, 1.54) is 23.9 Å². The van der Waals surface area contributed by atoms with Gasteiger partial charge in [-0.15, -0.1) is 0 Å². The highest BCUT2D eigenvalue weighted by Crippen LogP contribution is 2.28. The second-order valence-corrected chi connectivity index (χ2v) is 5.74. The number of benzene rings is 1. The number of anilines is 1. The lowest BCUT2D eigenvalue weighted by Crippen LogP contribution is -2.17. The Bertz CT molecular complexity index is 953. The molecule has 140 valence electrons. The van der Waals surface area contributed by atoms with Crippen LogP contribution in [0.1, 0.15) is 34.9 Å². The average Bonchev–Trinajstić information content (AvgIpc) is 3.06. The number of halogens is 3. The molecule has 0 bridgehead atoms. The number of aliphatic hydroxyl groups is 1. The molecule has 6 nitrogen and oxygen atoms in total. The molecule has 0 aliphatic rings. The van der Waals surface area contributed by atoms with Crippen LogP contribution >= 0.6 is 0 Å². The van der Waals surface area contributed by atoms with Gasteiger partial charge >= 0.3 is 6.18 Å². The first kappa shape index (κ1) is 18.6. The van der Waals surface area contributed by atoms with Gasteiger partial charge in [0.2, 0.25) is 0 Å². The molecule has 0 saturated heterocycles. The number of rotatable bonds is 4. The molecule has 3 aromatic rings. The average molecular weight is 376 g/mol. The minimum absolute atomic E-state index is 0.179. The van der Waals surface area contributed by atoms with E-state index in [9.17, 15) is 23.1 Å². The van der Waals surface area contributed by atoms with Crippen LogP contribution in [0.15, 0.2) is 54.7 Å². The predicted octanol–water partition coefficient (Wildman–Crippen LogP) is 3.59. The summed E-state index contributed by atoms with van der Waals surface area (Å²) in [7, 11) is 0. The third-order valence-corrected chi connectivity index (χ3v) is 3.68. The lowest BCUT2D eigenvalue weighted by Gasteiger charge is -2.09. The molecule has 0 saturated carbocycles. The van der Waals surface area contributed by atoms with E-state index in [2.05, 4.69) is 15.4 Å². The molecule has 1 amide bonds. The van der Waals surface area contributed by atoms with Crippen LogP contribution in [-0.4, -0.2) is 25.8 Å². The lowest BCUT2D eigenvalue weighted by atomic mass is 10.2. The number of aliphatic hydroxyl groups excluding tert-OH is 1.